The second-order valence-electron chi connectivity index (χ2n) is 8.42. The van der Waals surface area contributed by atoms with Crippen molar-refractivity contribution in [2.75, 3.05) is 26.1 Å². The van der Waals surface area contributed by atoms with Gasteiger partial charge in [0.25, 0.3) is 10.0 Å². The van der Waals surface area contributed by atoms with Crippen molar-refractivity contribution in [3.8, 4) is 28.6 Å². The van der Waals surface area contributed by atoms with Crippen molar-refractivity contribution < 1.29 is 27.2 Å². The Bertz CT molecular complexity index is 1210. The third-order valence-corrected chi connectivity index (χ3v) is 7.60. The van der Waals surface area contributed by atoms with E-state index < -0.39 is 10.0 Å². The van der Waals surface area contributed by atoms with Gasteiger partial charge in [0.15, 0.2) is 16.5 Å². The number of nitrogens with one attached hydrogen (secondary N) is 1. The van der Waals surface area contributed by atoms with Crippen LogP contribution in [-0.4, -0.2) is 34.9 Å². The smallest absolute Gasteiger partial charge is 0.270 e. The summed E-state index contributed by atoms with van der Waals surface area (Å²) < 4.78 is 50.2. The van der Waals surface area contributed by atoms with Crippen molar-refractivity contribution in [1.82, 2.24) is 5.16 Å². The van der Waals surface area contributed by atoms with Gasteiger partial charge in [0.2, 0.25) is 0 Å². The molecule has 0 atom stereocenters. The number of benzene rings is 2. The lowest BCUT2D eigenvalue weighted by atomic mass is 9.84. The molecule has 0 bridgehead atoms. The van der Waals surface area contributed by atoms with Crippen LogP contribution in [0.25, 0.3) is 11.3 Å². The second-order valence-corrected chi connectivity index (χ2v) is 10.0. The first-order valence-corrected chi connectivity index (χ1v) is 12.8. The van der Waals surface area contributed by atoms with E-state index >= 15 is 0 Å². The van der Waals surface area contributed by atoms with Gasteiger partial charge in [0, 0.05) is 6.07 Å². The Kier molecular flexibility index (Phi) is 7.31. The van der Waals surface area contributed by atoms with Gasteiger partial charge in [0.05, 0.1) is 26.9 Å². The van der Waals surface area contributed by atoms with Crippen LogP contribution in [0.2, 0.25) is 0 Å². The highest BCUT2D eigenvalue weighted by molar-refractivity contribution is 7.93. The first-order chi connectivity index (χ1) is 16.4. The largest absolute Gasteiger partial charge is 0.496 e. The van der Waals surface area contributed by atoms with Crippen LogP contribution in [0.4, 0.5) is 5.82 Å². The second kappa shape index (κ2) is 10.4. The predicted octanol–water partition coefficient (Wildman–Crippen LogP) is 5.29. The summed E-state index contributed by atoms with van der Waals surface area (Å²) in [4.78, 5) is -0.114. The lowest BCUT2D eigenvalue weighted by Gasteiger charge is -2.21. The van der Waals surface area contributed by atoms with Gasteiger partial charge >= 0.3 is 0 Å². The summed E-state index contributed by atoms with van der Waals surface area (Å²) in [5.74, 6) is 2.09. The minimum Gasteiger partial charge on any atom is -0.496 e. The molecule has 9 heteroatoms. The zero-order valence-corrected chi connectivity index (χ0v) is 20.5. The van der Waals surface area contributed by atoms with Gasteiger partial charge in [-0.05, 0) is 42.2 Å². The van der Waals surface area contributed by atoms with Gasteiger partial charge in [-0.25, -0.2) is 8.42 Å². The number of anilines is 1. The molecule has 182 valence electrons. The fourth-order valence-electron chi connectivity index (χ4n) is 4.52. The maximum Gasteiger partial charge on any atom is 0.270 e. The zero-order chi connectivity index (χ0) is 24.1. The summed E-state index contributed by atoms with van der Waals surface area (Å²) in [5, 5.41) is 3.93. The van der Waals surface area contributed by atoms with E-state index in [4.69, 9.17) is 18.7 Å². The molecule has 1 fully saturated rings. The molecule has 1 N–H and O–H groups in total. The number of methoxy groups -OCH3 is 3. The Morgan fingerprint density at radius 1 is 0.941 bits per heavy atom. The van der Waals surface area contributed by atoms with Gasteiger partial charge in [-0.15, -0.1) is 0 Å². The number of rotatable bonds is 9. The topological polar surface area (TPSA) is 99.9 Å². The number of ether oxygens (including phenoxy) is 3. The average molecular weight is 487 g/mol. The van der Waals surface area contributed by atoms with Crippen LogP contribution in [0.5, 0.6) is 17.2 Å². The Morgan fingerprint density at radius 2 is 1.62 bits per heavy atom. The van der Waals surface area contributed by atoms with Gasteiger partial charge < -0.3 is 18.7 Å². The van der Waals surface area contributed by atoms with Crippen LogP contribution in [-0.2, 0) is 16.4 Å². The summed E-state index contributed by atoms with van der Waals surface area (Å²) in [6.07, 6.45) is 7.40. The lowest BCUT2D eigenvalue weighted by Crippen LogP contribution is -2.15. The van der Waals surface area contributed by atoms with Crippen molar-refractivity contribution in [2.45, 2.75) is 43.4 Å². The van der Waals surface area contributed by atoms with E-state index in [9.17, 15) is 8.42 Å². The van der Waals surface area contributed by atoms with E-state index in [-0.39, 0.29) is 22.2 Å². The normalized spacial score (nSPS) is 14.6. The number of nitrogens with zero attached hydrogens (tertiary/aromatic N) is 1. The van der Waals surface area contributed by atoms with Crippen molar-refractivity contribution in [2.24, 2.45) is 5.92 Å². The summed E-state index contributed by atoms with van der Waals surface area (Å²) in [5.41, 5.74) is 1.92. The van der Waals surface area contributed by atoms with E-state index in [0.717, 1.165) is 12.0 Å². The molecule has 0 saturated heterocycles. The molecule has 1 aliphatic rings. The summed E-state index contributed by atoms with van der Waals surface area (Å²) in [6, 6.07) is 12.3. The fourth-order valence-corrected chi connectivity index (χ4v) is 5.83. The van der Waals surface area contributed by atoms with E-state index in [1.54, 1.807) is 31.4 Å². The van der Waals surface area contributed by atoms with E-state index in [1.165, 1.54) is 51.9 Å². The molecule has 34 heavy (non-hydrogen) atoms. The number of aromatic nitrogens is 1. The third kappa shape index (κ3) is 5.14. The molecule has 0 unspecified atom stereocenters. The van der Waals surface area contributed by atoms with E-state index in [2.05, 4.69) is 15.9 Å². The molecule has 3 aromatic rings. The third-order valence-electron chi connectivity index (χ3n) is 6.18. The Balaban J connectivity index is 1.60. The van der Waals surface area contributed by atoms with Crippen molar-refractivity contribution in [3.63, 3.8) is 0 Å². The number of sulfonamides is 1. The highest BCUT2D eigenvalue weighted by atomic mass is 32.2. The zero-order valence-electron chi connectivity index (χ0n) is 19.7. The van der Waals surface area contributed by atoms with Crippen LogP contribution in [0.1, 0.15) is 37.7 Å². The number of hydrogen-bond acceptors (Lipinski definition) is 7. The molecular formula is C25H30N2O6S. The van der Waals surface area contributed by atoms with Crippen LogP contribution in [0.3, 0.4) is 0 Å². The van der Waals surface area contributed by atoms with Crippen LogP contribution >= 0.6 is 0 Å². The van der Waals surface area contributed by atoms with Gasteiger partial charge in [0.1, 0.15) is 17.2 Å². The number of hydrogen-bond donors (Lipinski definition) is 1. The van der Waals surface area contributed by atoms with Gasteiger partial charge in [-0.3, -0.25) is 4.72 Å². The van der Waals surface area contributed by atoms with E-state index in [0.29, 0.717) is 17.4 Å². The SMILES string of the molecule is COc1ccc(CC2CCCCC2)cc1-c1cc(NS(=O)(=O)c2c(OC)cccc2OC)no1. The molecule has 1 saturated carbocycles. The Labute approximate surface area is 200 Å². The monoisotopic (exact) mass is 486 g/mol. The molecule has 1 aliphatic carbocycles. The highest BCUT2D eigenvalue weighted by Crippen LogP contribution is 2.37. The molecule has 0 aliphatic heterocycles. The van der Waals surface area contributed by atoms with Gasteiger partial charge in [-0.2, -0.15) is 0 Å². The summed E-state index contributed by atoms with van der Waals surface area (Å²) >= 11 is 0. The Morgan fingerprint density at radius 3 is 2.26 bits per heavy atom. The van der Waals surface area contributed by atoms with Crippen LogP contribution in [0.15, 0.2) is 51.9 Å². The molecule has 1 aromatic heterocycles. The first-order valence-electron chi connectivity index (χ1n) is 11.3. The minimum atomic E-state index is -4.06. The molecule has 2 aromatic carbocycles. The van der Waals surface area contributed by atoms with E-state index in [1.807, 2.05) is 12.1 Å². The lowest BCUT2D eigenvalue weighted by molar-refractivity contribution is 0.356. The maximum absolute atomic E-state index is 13.1. The molecule has 0 amide bonds. The minimum absolute atomic E-state index is 0.0442. The summed E-state index contributed by atoms with van der Waals surface area (Å²) in [6.45, 7) is 0. The standard InChI is InChI=1S/C25H30N2O6S/c1-30-20-13-12-18(14-17-8-5-4-6-9-17)15-19(20)23-16-24(26-33-23)27-34(28,29)25-21(31-2)10-7-11-22(25)32-3/h7,10-13,15-17H,4-6,8-9,14H2,1-3H3,(H,26,27). The van der Waals surface area contributed by atoms with Crippen molar-refractivity contribution in [3.05, 3.63) is 48.0 Å². The van der Waals surface area contributed by atoms with Crippen LogP contribution < -0.4 is 18.9 Å². The fraction of sp³-hybridized carbons (Fsp3) is 0.400. The molecule has 0 radical (unpaired) electrons. The predicted molar refractivity (Wildman–Crippen MR) is 129 cm³/mol. The molecule has 8 nitrogen and oxygen atoms in total. The molecule has 0 spiro atoms. The summed E-state index contributed by atoms with van der Waals surface area (Å²) in [7, 11) is 0.321. The quantitative estimate of drug-likeness (QED) is 0.438. The average Bonchev–Trinajstić information content (AvgIpc) is 3.31. The highest BCUT2D eigenvalue weighted by Gasteiger charge is 2.26. The molecular weight excluding hydrogens is 456 g/mol. The van der Waals surface area contributed by atoms with Crippen molar-refractivity contribution >= 4 is 15.8 Å². The molecule has 4 rings (SSSR count). The first kappa shape index (κ1) is 23.9. The van der Waals surface area contributed by atoms with Crippen LogP contribution in [0, 0.1) is 5.92 Å². The van der Waals surface area contributed by atoms with Gasteiger partial charge in [-0.1, -0.05) is 49.4 Å². The van der Waals surface area contributed by atoms with Crippen molar-refractivity contribution in [1.29, 1.82) is 0 Å². The Hall–Kier alpha value is -3.20. The maximum atomic E-state index is 13.1. The molecule has 1 heterocycles.